The third-order valence-electron chi connectivity index (χ3n) is 4.44. The first-order valence-corrected chi connectivity index (χ1v) is 11.8. The van der Waals surface area contributed by atoms with Crippen molar-refractivity contribution in [1.29, 1.82) is 0 Å². The van der Waals surface area contributed by atoms with Crippen LogP contribution in [-0.2, 0) is 10.0 Å². The third kappa shape index (κ3) is 6.75. The molecule has 0 atom stereocenters. The standard InChI is InChI=1S/C18H23N7O2S3/c26-30(27,25-16-19-11-4-12-20-16)15-9-7-14(8-10-15)22-18(29)24-23-17(28)21-13-5-2-1-3-6-13/h4,7-13H,1-3,5-6H2,(H,19,20,25)(H2,21,23,28)(H2,22,24,29). The summed E-state index contributed by atoms with van der Waals surface area (Å²) in [6, 6.07) is 8.12. The number of rotatable bonds is 5. The Labute approximate surface area is 186 Å². The topological polar surface area (TPSA) is 120 Å². The molecule has 0 bridgehead atoms. The molecule has 30 heavy (non-hydrogen) atoms. The first-order valence-electron chi connectivity index (χ1n) is 9.46. The van der Waals surface area contributed by atoms with E-state index in [9.17, 15) is 8.42 Å². The van der Waals surface area contributed by atoms with E-state index in [1.807, 2.05) is 0 Å². The van der Waals surface area contributed by atoms with E-state index in [0.29, 0.717) is 22.0 Å². The minimum atomic E-state index is -3.78. The van der Waals surface area contributed by atoms with Crippen molar-refractivity contribution < 1.29 is 8.42 Å². The molecule has 0 amide bonds. The van der Waals surface area contributed by atoms with E-state index < -0.39 is 10.0 Å². The Kier molecular flexibility index (Phi) is 7.71. The fourth-order valence-corrected chi connectivity index (χ4v) is 4.34. The molecule has 12 heteroatoms. The fraction of sp³-hybridized carbons (Fsp3) is 0.333. The molecule has 0 spiro atoms. The summed E-state index contributed by atoms with van der Waals surface area (Å²) in [5, 5.41) is 7.02. The van der Waals surface area contributed by atoms with E-state index in [1.165, 1.54) is 43.8 Å². The summed E-state index contributed by atoms with van der Waals surface area (Å²) in [7, 11) is -3.78. The van der Waals surface area contributed by atoms with E-state index >= 15 is 0 Å². The van der Waals surface area contributed by atoms with Crippen molar-refractivity contribution in [3.05, 3.63) is 42.7 Å². The molecule has 160 valence electrons. The van der Waals surface area contributed by atoms with E-state index in [-0.39, 0.29) is 10.8 Å². The predicted octanol–water partition coefficient (Wildman–Crippen LogP) is 2.28. The average molecular weight is 466 g/mol. The zero-order valence-corrected chi connectivity index (χ0v) is 18.5. The molecule has 9 nitrogen and oxygen atoms in total. The van der Waals surface area contributed by atoms with Crippen LogP contribution in [0.5, 0.6) is 0 Å². The van der Waals surface area contributed by atoms with Crippen LogP contribution in [0.1, 0.15) is 32.1 Å². The number of sulfonamides is 1. The molecule has 1 fully saturated rings. The van der Waals surface area contributed by atoms with Gasteiger partial charge in [0.25, 0.3) is 10.0 Å². The second-order valence-electron chi connectivity index (χ2n) is 6.71. The van der Waals surface area contributed by atoms with Gasteiger partial charge in [-0.05, 0) is 67.6 Å². The van der Waals surface area contributed by atoms with Gasteiger partial charge < -0.3 is 10.6 Å². The van der Waals surface area contributed by atoms with Gasteiger partial charge in [0, 0.05) is 24.1 Å². The smallest absolute Gasteiger partial charge is 0.264 e. The van der Waals surface area contributed by atoms with Crippen molar-refractivity contribution in [1.82, 2.24) is 26.1 Å². The van der Waals surface area contributed by atoms with E-state index in [4.69, 9.17) is 24.4 Å². The molecule has 1 aliphatic rings. The molecule has 0 saturated heterocycles. The maximum Gasteiger partial charge on any atom is 0.264 e. The van der Waals surface area contributed by atoms with Gasteiger partial charge in [-0.2, -0.15) is 0 Å². The Morgan fingerprint density at radius 2 is 1.57 bits per heavy atom. The quantitative estimate of drug-likeness (QED) is 0.332. The Hall–Kier alpha value is -2.57. The molecule has 0 unspecified atom stereocenters. The van der Waals surface area contributed by atoms with Crippen molar-refractivity contribution in [2.75, 3.05) is 10.0 Å². The minimum Gasteiger partial charge on any atom is -0.359 e. The molecular formula is C18H23N7O2S3. The lowest BCUT2D eigenvalue weighted by Gasteiger charge is -2.24. The molecule has 3 rings (SSSR count). The highest BCUT2D eigenvalue weighted by molar-refractivity contribution is 7.92. The Morgan fingerprint density at radius 3 is 2.23 bits per heavy atom. The average Bonchev–Trinajstić information content (AvgIpc) is 2.74. The number of hydrogen-bond donors (Lipinski definition) is 5. The first-order chi connectivity index (χ1) is 14.4. The molecule has 1 heterocycles. The largest absolute Gasteiger partial charge is 0.359 e. The van der Waals surface area contributed by atoms with Crippen LogP contribution in [0.4, 0.5) is 11.6 Å². The molecular weight excluding hydrogens is 442 g/mol. The van der Waals surface area contributed by atoms with Crippen molar-refractivity contribution in [2.24, 2.45) is 0 Å². The summed E-state index contributed by atoms with van der Waals surface area (Å²) in [6.45, 7) is 0. The number of benzene rings is 1. The summed E-state index contributed by atoms with van der Waals surface area (Å²) in [5.74, 6) is 0.00830. The van der Waals surface area contributed by atoms with Crippen LogP contribution in [0.15, 0.2) is 47.6 Å². The number of hydrazine groups is 1. The van der Waals surface area contributed by atoms with Crippen molar-refractivity contribution >= 4 is 56.3 Å². The van der Waals surface area contributed by atoms with Gasteiger partial charge in [-0.15, -0.1) is 0 Å². The number of hydrogen-bond acceptors (Lipinski definition) is 6. The second kappa shape index (κ2) is 10.5. The highest BCUT2D eigenvalue weighted by Crippen LogP contribution is 2.17. The monoisotopic (exact) mass is 465 g/mol. The van der Waals surface area contributed by atoms with E-state index in [2.05, 4.69) is 36.2 Å². The highest BCUT2D eigenvalue weighted by atomic mass is 32.2. The maximum atomic E-state index is 12.4. The van der Waals surface area contributed by atoms with Crippen LogP contribution in [0.25, 0.3) is 0 Å². The number of thiocarbonyl (C=S) groups is 2. The summed E-state index contributed by atoms with van der Waals surface area (Å²) in [6.07, 6.45) is 8.85. The van der Waals surface area contributed by atoms with Crippen LogP contribution in [0, 0.1) is 0 Å². The maximum absolute atomic E-state index is 12.4. The summed E-state index contributed by atoms with van der Waals surface area (Å²) < 4.78 is 27.1. The van der Waals surface area contributed by atoms with Gasteiger partial charge in [0.1, 0.15) is 0 Å². The number of nitrogens with zero attached hydrogens (tertiary/aromatic N) is 2. The number of aromatic nitrogens is 2. The Balaban J connectivity index is 1.47. The van der Waals surface area contributed by atoms with Crippen LogP contribution in [-0.4, -0.2) is 34.7 Å². The van der Waals surface area contributed by atoms with Crippen molar-refractivity contribution in [3.8, 4) is 0 Å². The predicted molar refractivity (Wildman–Crippen MR) is 124 cm³/mol. The normalized spacial score (nSPS) is 14.4. The summed E-state index contributed by atoms with van der Waals surface area (Å²) in [5.41, 5.74) is 6.30. The van der Waals surface area contributed by atoms with Gasteiger partial charge in [-0.3, -0.25) is 10.9 Å². The lowest BCUT2D eigenvalue weighted by Crippen LogP contribution is -2.51. The van der Waals surface area contributed by atoms with Crippen LogP contribution < -0.4 is 26.2 Å². The van der Waals surface area contributed by atoms with Gasteiger partial charge in [0.2, 0.25) is 5.95 Å². The van der Waals surface area contributed by atoms with Crippen LogP contribution in [0.2, 0.25) is 0 Å². The molecule has 0 aliphatic heterocycles. The van der Waals surface area contributed by atoms with Gasteiger partial charge in [-0.1, -0.05) is 19.3 Å². The Morgan fingerprint density at radius 1 is 0.933 bits per heavy atom. The first kappa shape index (κ1) is 22.1. The molecule has 1 aliphatic carbocycles. The zero-order valence-electron chi connectivity index (χ0n) is 16.1. The molecule has 5 N–H and O–H groups in total. The van der Waals surface area contributed by atoms with E-state index in [1.54, 1.807) is 18.2 Å². The summed E-state index contributed by atoms with van der Waals surface area (Å²) >= 11 is 10.5. The van der Waals surface area contributed by atoms with E-state index in [0.717, 1.165) is 12.8 Å². The van der Waals surface area contributed by atoms with Gasteiger partial charge >= 0.3 is 0 Å². The van der Waals surface area contributed by atoms with Gasteiger partial charge in [0.15, 0.2) is 10.2 Å². The molecule has 1 saturated carbocycles. The minimum absolute atomic E-state index is 0.00830. The zero-order chi connectivity index (χ0) is 21.4. The molecule has 1 aromatic carbocycles. The lowest BCUT2D eigenvalue weighted by atomic mass is 9.96. The SMILES string of the molecule is O=S(=O)(Nc1ncccn1)c1ccc(NC(=S)NNC(=S)NC2CCCCC2)cc1. The number of nitrogens with one attached hydrogen (secondary N) is 5. The van der Waals surface area contributed by atoms with Crippen LogP contribution >= 0.6 is 24.4 Å². The third-order valence-corrected chi connectivity index (χ3v) is 6.21. The molecule has 0 radical (unpaired) electrons. The van der Waals surface area contributed by atoms with Crippen LogP contribution in [0.3, 0.4) is 0 Å². The van der Waals surface area contributed by atoms with Crippen molar-refractivity contribution in [2.45, 2.75) is 43.0 Å². The molecule has 2 aromatic rings. The fourth-order valence-electron chi connectivity index (χ4n) is 2.99. The lowest BCUT2D eigenvalue weighted by molar-refractivity contribution is 0.411. The number of anilines is 2. The van der Waals surface area contributed by atoms with Crippen molar-refractivity contribution in [3.63, 3.8) is 0 Å². The van der Waals surface area contributed by atoms with Gasteiger partial charge in [0.05, 0.1) is 4.90 Å². The summed E-state index contributed by atoms with van der Waals surface area (Å²) in [4.78, 5) is 7.79. The van der Waals surface area contributed by atoms with Gasteiger partial charge in [-0.25, -0.2) is 23.1 Å². The highest BCUT2D eigenvalue weighted by Gasteiger charge is 2.16. The second-order valence-corrected chi connectivity index (χ2v) is 9.21. The molecule has 1 aromatic heterocycles. The Bertz CT molecular complexity index is 963.